The zero-order valence-corrected chi connectivity index (χ0v) is 16.5. The lowest BCUT2D eigenvalue weighted by Crippen LogP contribution is -2.36. The Hall–Kier alpha value is -2.90. The van der Waals surface area contributed by atoms with Crippen molar-refractivity contribution in [3.05, 3.63) is 132 Å². The minimum atomic E-state index is -0.706. The minimum Gasteiger partial charge on any atom is -0.353 e. The van der Waals surface area contributed by atoms with Crippen LogP contribution in [0.25, 0.3) is 0 Å². The van der Waals surface area contributed by atoms with Gasteiger partial charge in [0.15, 0.2) is 0 Å². The summed E-state index contributed by atoms with van der Waals surface area (Å²) < 4.78 is 6.92. The van der Waals surface area contributed by atoms with Crippen molar-refractivity contribution in [2.75, 3.05) is 0 Å². The minimum absolute atomic E-state index is 0.108. The molecular weight excluding hydrogens is 340 g/mol. The van der Waals surface area contributed by atoms with E-state index in [-0.39, 0.29) is 6.10 Å². The summed E-state index contributed by atoms with van der Waals surface area (Å²) in [4.78, 5) is 0. The number of hydrogen-bond donors (Lipinski definition) is 0. The van der Waals surface area contributed by atoms with Crippen LogP contribution in [-0.4, -0.2) is 6.10 Å². The molecule has 3 rings (SSSR count). The van der Waals surface area contributed by atoms with Gasteiger partial charge in [0.25, 0.3) is 0 Å². The SMILES string of the molecule is C=CC(C/C=C\CC)OC(c1ccccc1)(c1ccccc1)c1ccccc1. The molecular formula is C27H28O. The number of hydrogen-bond acceptors (Lipinski definition) is 1. The molecule has 0 aliphatic carbocycles. The monoisotopic (exact) mass is 368 g/mol. The zero-order valence-electron chi connectivity index (χ0n) is 16.5. The van der Waals surface area contributed by atoms with Crippen LogP contribution in [0, 0.1) is 0 Å². The molecule has 1 unspecified atom stereocenters. The third kappa shape index (κ3) is 4.32. The Morgan fingerprint density at radius 1 is 0.750 bits per heavy atom. The maximum Gasteiger partial charge on any atom is 0.144 e. The van der Waals surface area contributed by atoms with Gasteiger partial charge in [-0.2, -0.15) is 0 Å². The Balaban J connectivity index is 2.19. The van der Waals surface area contributed by atoms with Gasteiger partial charge in [-0.05, 0) is 29.5 Å². The molecule has 0 aromatic heterocycles. The Morgan fingerprint density at radius 2 is 1.18 bits per heavy atom. The van der Waals surface area contributed by atoms with Crippen LogP contribution < -0.4 is 0 Å². The predicted molar refractivity (Wildman–Crippen MR) is 118 cm³/mol. The lowest BCUT2D eigenvalue weighted by Gasteiger charge is -2.38. The van der Waals surface area contributed by atoms with Gasteiger partial charge in [0.05, 0.1) is 6.10 Å². The van der Waals surface area contributed by atoms with Crippen molar-refractivity contribution in [3.63, 3.8) is 0 Å². The molecule has 142 valence electrons. The lowest BCUT2D eigenvalue weighted by atomic mass is 9.80. The van der Waals surface area contributed by atoms with Gasteiger partial charge in [-0.1, -0.05) is 116 Å². The fraction of sp³-hybridized carbons (Fsp3) is 0.185. The smallest absolute Gasteiger partial charge is 0.144 e. The van der Waals surface area contributed by atoms with Crippen molar-refractivity contribution < 1.29 is 4.74 Å². The Kier molecular flexibility index (Phi) is 7.00. The van der Waals surface area contributed by atoms with E-state index >= 15 is 0 Å². The largest absolute Gasteiger partial charge is 0.353 e. The topological polar surface area (TPSA) is 9.23 Å². The first-order chi connectivity index (χ1) is 13.8. The quantitative estimate of drug-likeness (QED) is 0.295. The van der Waals surface area contributed by atoms with Crippen LogP contribution in [0.5, 0.6) is 0 Å². The van der Waals surface area contributed by atoms with Gasteiger partial charge in [0.2, 0.25) is 0 Å². The average molecular weight is 369 g/mol. The summed E-state index contributed by atoms with van der Waals surface area (Å²) in [5, 5.41) is 0. The van der Waals surface area contributed by atoms with Crippen LogP contribution in [0.3, 0.4) is 0 Å². The van der Waals surface area contributed by atoms with Gasteiger partial charge in [-0.3, -0.25) is 0 Å². The summed E-state index contributed by atoms with van der Waals surface area (Å²) in [6.45, 7) is 6.19. The van der Waals surface area contributed by atoms with E-state index in [2.05, 4.69) is 98.5 Å². The second-order valence-corrected chi connectivity index (χ2v) is 6.79. The van der Waals surface area contributed by atoms with E-state index in [9.17, 15) is 0 Å². The molecule has 0 N–H and O–H groups in total. The molecule has 3 aromatic rings. The fourth-order valence-corrected chi connectivity index (χ4v) is 3.54. The van der Waals surface area contributed by atoms with Crippen LogP contribution in [0.2, 0.25) is 0 Å². The van der Waals surface area contributed by atoms with Crippen LogP contribution >= 0.6 is 0 Å². The molecule has 0 aliphatic heterocycles. The van der Waals surface area contributed by atoms with E-state index in [1.165, 1.54) is 0 Å². The summed E-state index contributed by atoms with van der Waals surface area (Å²) in [5.41, 5.74) is 2.62. The normalized spacial score (nSPS) is 12.8. The predicted octanol–water partition coefficient (Wildman–Crippen LogP) is 6.91. The van der Waals surface area contributed by atoms with Gasteiger partial charge in [-0.25, -0.2) is 0 Å². The van der Waals surface area contributed by atoms with E-state index < -0.39 is 5.60 Å². The lowest BCUT2D eigenvalue weighted by molar-refractivity contribution is -0.0227. The second kappa shape index (κ2) is 9.87. The first-order valence-corrected chi connectivity index (χ1v) is 9.93. The molecule has 0 amide bonds. The standard InChI is InChI=1S/C27H28O/c1-3-5-9-22-26(4-2)28-27(23-16-10-6-11-17-23,24-18-12-7-13-19-24)25-20-14-8-15-21-25/h4-21,26H,2-3,22H2,1H3/b9-5-. The van der Waals surface area contributed by atoms with Crippen molar-refractivity contribution in [1.82, 2.24) is 0 Å². The highest BCUT2D eigenvalue weighted by atomic mass is 16.5. The van der Waals surface area contributed by atoms with Gasteiger partial charge in [0.1, 0.15) is 5.60 Å². The van der Waals surface area contributed by atoms with Gasteiger partial charge >= 0.3 is 0 Å². The fourth-order valence-electron chi connectivity index (χ4n) is 3.54. The summed E-state index contributed by atoms with van der Waals surface area (Å²) in [6.07, 6.45) is 7.97. The number of benzene rings is 3. The van der Waals surface area contributed by atoms with E-state index in [0.717, 1.165) is 29.5 Å². The number of rotatable bonds is 9. The second-order valence-electron chi connectivity index (χ2n) is 6.79. The molecule has 28 heavy (non-hydrogen) atoms. The highest BCUT2D eigenvalue weighted by molar-refractivity contribution is 5.47. The van der Waals surface area contributed by atoms with Crippen molar-refractivity contribution >= 4 is 0 Å². The molecule has 1 nitrogen and oxygen atoms in total. The summed E-state index contributed by atoms with van der Waals surface area (Å²) >= 11 is 0. The maximum atomic E-state index is 6.92. The highest BCUT2D eigenvalue weighted by Gasteiger charge is 2.39. The van der Waals surface area contributed by atoms with Gasteiger partial charge in [-0.15, -0.1) is 6.58 Å². The molecule has 0 heterocycles. The Bertz CT molecular complexity index is 769. The van der Waals surface area contributed by atoms with E-state index in [0.29, 0.717) is 0 Å². The molecule has 0 radical (unpaired) electrons. The Morgan fingerprint density at radius 3 is 1.54 bits per heavy atom. The summed E-state index contributed by atoms with van der Waals surface area (Å²) in [5.74, 6) is 0. The van der Waals surface area contributed by atoms with E-state index in [1.54, 1.807) is 0 Å². The third-order valence-corrected chi connectivity index (χ3v) is 4.90. The van der Waals surface area contributed by atoms with Gasteiger partial charge < -0.3 is 4.74 Å². The molecule has 0 saturated carbocycles. The molecule has 0 aliphatic rings. The van der Waals surface area contributed by atoms with Crippen LogP contribution in [0.4, 0.5) is 0 Å². The van der Waals surface area contributed by atoms with Crippen LogP contribution in [0.15, 0.2) is 116 Å². The summed E-state index contributed by atoms with van der Waals surface area (Å²) in [6, 6.07) is 31.4. The van der Waals surface area contributed by atoms with Crippen molar-refractivity contribution in [2.24, 2.45) is 0 Å². The zero-order chi connectivity index (χ0) is 19.7. The van der Waals surface area contributed by atoms with E-state index in [4.69, 9.17) is 4.74 Å². The first kappa shape index (κ1) is 19.9. The maximum absolute atomic E-state index is 6.92. The summed E-state index contributed by atoms with van der Waals surface area (Å²) in [7, 11) is 0. The van der Waals surface area contributed by atoms with Gasteiger partial charge in [0, 0.05) is 0 Å². The molecule has 3 aromatic carbocycles. The average Bonchev–Trinajstić information content (AvgIpc) is 2.78. The number of ether oxygens (including phenoxy) is 1. The Labute approximate surface area is 169 Å². The van der Waals surface area contributed by atoms with Crippen molar-refractivity contribution in [2.45, 2.75) is 31.5 Å². The molecule has 0 fully saturated rings. The highest BCUT2D eigenvalue weighted by Crippen LogP contribution is 2.41. The first-order valence-electron chi connectivity index (χ1n) is 9.93. The van der Waals surface area contributed by atoms with Crippen LogP contribution in [0.1, 0.15) is 36.5 Å². The van der Waals surface area contributed by atoms with Crippen LogP contribution in [-0.2, 0) is 10.3 Å². The third-order valence-electron chi connectivity index (χ3n) is 4.90. The van der Waals surface area contributed by atoms with Crippen molar-refractivity contribution in [1.29, 1.82) is 0 Å². The molecule has 0 bridgehead atoms. The molecule has 0 saturated heterocycles. The van der Waals surface area contributed by atoms with Crippen molar-refractivity contribution in [3.8, 4) is 0 Å². The molecule has 0 spiro atoms. The molecule has 1 atom stereocenters. The molecule has 1 heteroatoms. The number of allylic oxidation sites excluding steroid dienone is 1. The van der Waals surface area contributed by atoms with E-state index in [1.807, 2.05) is 24.3 Å².